The van der Waals surface area contributed by atoms with Crippen LogP contribution in [-0.2, 0) is 0 Å². The van der Waals surface area contributed by atoms with Crippen LogP contribution in [-0.4, -0.2) is 19.9 Å². The Morgan fingerprint density at radius 1 is 1.30 bits per heavy atom. The van der Waals surface area contributed by atoms with E-state index in [9.17, 15) is 5.26 Å². The Balaban J connectivity index is 1.66. The van der Waals surface area contributed by atoms with Crippen molar-refractivity contribution in [1.82, 2.24) is 19.9 Å². The summed E-state index contributed by atoms with van der Waals surface area (Å²) in [4.78, 5) is 15.8. The van der Waals surface area contributed by atoms with E-state index in [-0.39, 0.29) is 0 Å². The van der Waals surface area contributed by atoms with Crippen LogP contribution < -0.4 is 5.32 Å². The second-order valence-corrected chi connectivity index (χ2v) is 5.55. The minimum Gasteiger partial charge on any atom is -0.346 e. The largest absolute Gasteiger partial charge is 0.346 e. The summed E-state index contributed by atoms with van der Waals surface area (Å²) in [6, 6.07) is 7.90. The number of fused-ring (bicyclic) bond motifs is 1. The Hall–Kier alpha value is -3.20. The molecule has 1 aliphatic rings. The van der Waals surface area contributed by atoms with Gasteiger partial charge in [-0.3, -0.25) is 4.98 Å². The third-order valence-corrected chi connectivity index (χ3v) is 3.80. The normalized spacial score (nSPS) is 14.7. The van der Waals surface area contributed by atoms with E-state index < -0.39 is 0 Å². The highest BCUT2D eigenvalue weighted by Gasteiger charge is 2.20. The van der Waals surface area contributed by atoms with Crippen LogP contribution >= 0.6 is 0 Å². The first-order valence-electron chi connectivity index (χ1n) is 7.47. The third-order valence-electron chi connectivity index (χ3n) is 3.80. The van der Waals surface area contributed by atoms with Gasteiger partial charge in [-0.2, -0.15) is 5.26 Å². The van der Waals surface area contributed by atoms with Crippen molar-refractivity contribution in [3.05, 3.63) is 48.7 Å². The van der Waals surface area contributed by atoms with Gasteiger partial charge in [0.1, 0.15) is 23.9 Å². The number of anilines is 2. The second-order valence-electron chi connectivity index (χ2n) is 5.55. The highest BCUT2D eigenvalue weighted by atomic mass is 15.0. The zero-order chi connectivity index (χ0) is 15.6. The lowest BCUT2D eigenvalue weighted by Gasteiger charge is -2.07. The molecule has 23 heavy (non-hydrogen) atoms. The fraction of sp³-hybridized carbons (Fsp3) is 0.176. The summed E-state index contributed by atoms with van der Waals surface area (Å²) >= 11 is 0. The standard InChI is InChI=1S/C17H14N6/c18-9-12(7-11-1-2-11)15-8-13(3-5-19-15)23-17-14-4-6-20-16(14)21-10-22-17/h3-8,10-11H,1-2H2,(H2,19,20,21,22,23)/b12-7+. The van der Waals surface area contributed by atoms with Crippen LogP contribution in [0.3, 0.4) is 0 Å². The number of aromatic amines is 1. The van der Waals surface area contributed by atoms with Gasteiger partial charge in [0.05, 0.1) is 16.7 Å². The molecule has 0 atom stereocenters. The van der Waals surface area contributed by atoms with Gasteiger partial charge in [-0.25, -0.2) is 9.97 Å². The molecule has 0 radical (unpaired) electrons. The lowest BCUT2D eigenvalue weighted by atomic mass is 10.1. The van der Waals surface area contributed by atoms with E-state index in [1.54, 1.807) is 6.20 Å². The Bertz CT molecular complexity index is 929. The van der Waals surface area contributed by atoms with Gasteiger partial charge in [0.2, 0.25) is 0 Å². The highest BCUT2D eigenvalue weighted by molar-refractivity contribution is 5.89. The Morgan fingerprint density at radius 2 is 2.22 bits per heavy atom. The topological polar surface area (TPSA) is 90.3 Å². The van der Waals surface area contributed by atoms with Gasteiger partial charge in [-0.1, -0.05) is 6.08 Å². The van der Waals surface area contributed by atoms with Crippen molar-refractivity contribution in [1.29, 1.82) is 5.26 Å². The fourth-order valence-corrected chi connectivity index (χ4v) is 2.44. The number of nitrogens with one attached hydrogen (secondary N) is 2. The van der Waals surface area contributed by atoms with Crippen molar-refractivity contribution in [2.75, 3.05) is 5.32 Å². The summed E-state index contributed by atoms with van der Waals surface area (Å²) in [6.45, 7) is 0. The quantitative estimate of drug-likeness (QED) is 0.721. The van der Waals surface area contributed by atoms with Crippen LogP contribution in [0, 0.1) is 17.2 Å². The molecule has 0 saturated heterocycles. The lowest BCUT2D eigenvalue weighted by molar-refractivity contribution is 1.12. The minimum atomic E-state index is 0.532. The molecular formula is C17H14N6. The number of hydrogen-bond donors (Lipinski definition) is 2. The smallest absolute Gasteiger partial charge is 0.143 e. The molecule has 0 bridgehead atoms. The van der Waals surface area contributed by atoms with Crippen LogP contribution in [0.4, 0.5) is 11.5 Å². The molecule has 3 aromatic rings. The molecule has 1 aliphatic carbocycles. The molecule has 1 fully saturated rings. The first-order chi connectivity index (χ1) is 11.3. The maximum atomic E-state index is 9.35. The molecule has 2 N–H and O–H groups in total. The van der Waals surface area contributed by atoms with Crippen LogP contribution in [0.15, 0.2) is 43.0 Å². The van der Waals surface area contributed by atoms with Gasteiger partial charge in [0.25, 0.3) is 0 Å². The predicted molar refractivity (Wildman–Crippen MR) is 87.7 cm³/mol. The number of allylic oxidation sites excluding steroid dienone is 2. The Morgan fingerprint density at radius 3 is 3.04 bits per heavy atom. The average Bonchev–Trinajstić information content (AvgIpc) is 3.27. The number of nitriles is 1. The second kappa shape index (κ2) is 5.54. The van der Waals surface area contributed by atoms with Crippen LogP contribution in [0.1, 0.15) is 18.5 Å². The summed E-state index contributed by atoms with van der Waals surface area (Å²) < 4.78 is 0. The van der Waals surface area contributed by atoms with Gasteiger partial charge >= 0.3 is 0 Å². The third kappa shape index (κ3) is 2.77. The van der Waals surface area contributed by atoms with Crippen molar-refractivity contribution in [2.24, 2.45) is 5.92 Å². The van der Waals surface area contributed by atoms with Crippen molar-refractivity contribution < 1.29 is 0 Å². The number of aromatic nitrogens is 4. The molecule has 0 aromatic carbocycles. The summed E-state index contributed by atoms with van der Waals surface area (Å²) in [5.74, 6) is 1.25. The molecule has 3 aromatic heterocycles. The van der Waals surface area contributed by atoms with Crippen LogP contribution in [0.5, 0.6) is 0 Å². The van der Waals surface area contributed by atoms with Crippen LogP contribution in [0.2, 0.25) is 0 Å². The zero-order valence-electron chi connectivity index (χ0n) is 12.3. The number of hydrogen-bond acceptors (Lipinski definition) is 5. The zero-order valence-corrected chi connectivity index (χ0v) is 12.3. The number of pyridine rings is 1. The number of H-pyrrole nitrogens is 1. The fourth-order valence-electron chi connectivity index (χ4n) is 2.44. The van der Waals surface area contributed by atoms with Gasteiger partial charge in [0.15, 0.2) is 0 Å². The lowest BCUT2D eigenvalue weighted by Crippen LogP contribution is -1.97. The van der Waals surface area contributed by atoms with E-state index >= 15 is 0 Å². The molecular weight excluding hydrogens is 288 g/mol. The van der Waals surface area contributed by atoms with Crippen molar-refractivity contribution >= 4 is 28.1 Å². The summed E-state index contributed by atoms with van der Waals surface area (Å²) in [5, 5.41) is 13.5. The van der Waals surface area contributed by atoms with E-state index in [0.717, 1.165) is 35.4 Å². The molecule has 3 heterocycles. The molecule has 6 nitrogen and oxygen atoms in total. The number of rotatable bonds is 4. The summed E-state index contributed by atoms with van der Waals surface area (Å²) in [7, 11) is 0. The van der Waals surface area contributed by atoms with Gasteiger partial charge < -0.3 is 10.3 Å². The summed E-state index contributed by atoms with van der Waals surface area (Å²) in [5.41, 5.74) is 2.94. The molecule has 112 valence electrons. The minimum absolute atomic E-state index is 0.532. The first kappa shape index (κ1) is 13.5. The number of nitrogens with zero attached hydrogens (tertiary/aromatic N) is 4. The van der Waals surface area contributed by atoms with Gasteiger partial charge in [-0.15, -0.1) is 0 Å². The molecule has 0 aliphatic heterocycles. The first-order valence-corrected chi connectivity index (χ1v) is 7.47. The molecule has 4 rings (SSSR count). The Labute approximate surface area is 132 Å². The molecule has 0 amide bonds. The van der Waals surface area contributed by atoms with E-state index in [1.165, 1.54) is 6.33 Å². The predicted octanol–water partition coefficient (Wildman–Crippen LogP) is 3.41. The van der Waals surface area contributed by atoms with E-state index in [1.807, 2.05) is 30.5 Å². The SMILES string of the molecule is N#C/C(=C\C1CC1)c1cc(Nc2ncnc3[nH]ccc23)ccn1. The van der Waals surface area contributed by atoms with Crippen molar-refractivity contribution in [3.63, 3.8) is 0 Å². The average molecular weight is 302 g/mol. The van der Waals surface area contributed by atoms with Crippen LogP contribution in [0.25, 0.3) is 16.6 Å². The monoisotopic (exact) mass is 302 g/mol. The maximum absolute atomic E-state index is 9.35. The molecule has 6 heteroatoms. The highest BCUT2D eigenvalue weighted by Crippen LogP contribution is 2.33. The molecule has 0 spiro atoms. The van der Waals surface area contributed by atoms with Crippen molar-refractivity contribution in [2.45, 2.75) is 12.8 Å². The maximum Gasteiger partial charge on any atom is 0.143 e. The Kier molecular flexibility index (Phi) is 3.24. The van der Waals surface area contributed by atoms with E-state index in [0.29, 0.717) is 17.2 Å². The van der Waals surface area contributed by atoms with Gasteiger partial charge in [-0.05, 0) is 37.0 Å². The summed E-state index contributed by atoms with van der Waals surface area (Å²) in [6.07, 6.45) is 9.38. The van der Waals surface area contributed by atoms with E-state index in [2.05, 4.69) is 31.3 Å². The van der Waals surface area contributed by atoms with Gasteiger partial charge in [0, 0.05) is 18.1 Å². The van der Waals surface area contributed by atoms with E-state index in [4.69, 9.17) is 0 Å². The van der Waals surface area contributed by atoms with Crippen molar-refractivity contribution in [3.8, 4) is 6.07 Å². The molecule has 1 saturated carbocycles. The molecule has 0 unspecified atom stereocenters.